The monoisotopic (exact) mass is 318 g/mol. The van der Waals surface area contributed by atoms with Gasteiger partial charge >= 0.3 is 11.5 Å². The molecule has 2 N–H and O–H groups in total. The number of fused-ring (bicyclic) bond motifs is 1. The van der Waals surface area contributed by atoms with Gasteiger partial charge in [0.15, 0.2) is 5.82 Å². The topological polar surface area (TPSA) is 92.2 Å². The number of halogens is 2. The molecule has 6 nitrogen and oxygen atoms in total. The van der Waals surface area contributed by atoms with Gasteiger partial charge in [-0.25, -0.2) is 18.3 Å². The van der Waals surface area contributed by atoms with Crippen molar-refractivity contribution in [3.63, 3.8) is 0 Å². The SMILES string of the molecule is O=C(O)c1cccc2c1c(=O)c(=O)[nH]n2-c1ccc(F)cc1F. The zero-order valence-electron chi connectivity index (χ0n) is 11.3. The minimum atomic E-state index is -1.40. The van der Waals surface area contributed by atoms with E-state index in [4.69, 9.17) is 5.11 Å². The fourth-order valence-corrected chi connectivity index (χ4v) is 2.32. The maximum absolute atomic E-state index is 14.0. The average Bonchev–Trinajstić information content (AvgIpc) is 2.50. The zero-order chi connectivity index (χ0) is 16.7. The summed E-state index contributed by atoms with van der Waals surface area (Å²) >= 11 is 0. The summed E-state index contributed by atoms with van der Waals surface area (Å²) in [6, 6.07) is 6.51. The second-order valence-electron chi connectivity index (χ2n) is 4.71. The van der Waals surface area contributed by atoms with Crippen LogP contribution >= 0.6 is 0 Å². The van der Waals surface area contributed by atoms with Crippen LogP contribution in [0.4, 0.5) is 8.78 Å². The molecule has 0 unspecified atom stereocenters. The van der Waals surface area contributed by atoms with E-state index >= 15 is 0 Å². The number of aromatic nitrogens is 2. The summed E-state index contributed by atoms with van der Waals surface area (Å²) in [4.78, 5) is 35.1. The molecule has 23 heavy (non-hydrogen) atoms. The zero-order valence-corrected chi connectivity index (χ0v) is 11.3. The minimum Gasteiger partial charge on any atom is -0.478 e. The molecule has 0 saturated heterocycles. The molecular formula is C15H8F2N2O4. The molecule has 0 saturated carbocycles. The number of rotatable bonds is 2. The van der Waals surface area contributed by atoms with Crippen LogP contribution in [0.1, 0.15) is 10.4 Å². The van der Waals surface area contributed by atoms with Gasteiger partial charge in [0.2, 0.25) is 0 Å². The molecule has 1 heterocycles. The van der Waals surface area contributed by atoms with Gasteiger partial charge in [-0.05, 0) is 24.3 Å². The van der Waals surface area contributed by atoms with E-state index in [-0.39, 0.29) is 22.2 Å². The van der Waals surface area contributed by atoms with Crippen LogP contribution in [-0.4, -0.2) is 20.9 Å². The van der Waals surface area contributed by atoms with Crippen molar-refractivity contribution in [2.45, 2.75) is 0 Å². The highest BCUT2D eigenvalue weighted by Crippen LogP contribution is 2.20. The Bertz CT molecular complexity index is 1070. The van der Waals surface area contributed by atoms with E-state index in [1.165, 1.54) is 12.1 Å². The van der Waals surface area contributed by atoms with Crippen molar-refractivity contribution in [2.75, 3.05) is 0 Å². The van der Waals surface area contributed by atoms with E-state index in [1.54, 1.807) is 0 Å². The Kier molecular flexibility index (Phi) is 3.29. The highest BCUT2D eigenvalue weighted by atomic mass is 19.1. The first kappa shape index (κ1) is 14.6. The van der Waals surface area contributed by atoms with Crippen molar-refractivity contribution in [1.82, 2.24) is 9.78 Å². The van der Waals surface area contributed by atoms with Gasteiger partial charge in [-0.1, -0.05) is 6.07 Å². The fourth-order valence-electron chi connectivity index (χ4n) is 2.32. The van der Waals surface area contributed by atoms with Crippen LogP contribution in [0, 0.1) is 11.6 Å². The van der Waals surface area contributed by atoms with E-state index in [2.05, 4.69) is 5.10 Å². The number of carboxylic acid groups (broad SMARTS) is 1. The average molecular weight is 318 g/mol. The number of nitrogens with one attached hydrogen (secondary N) is 1. The summed E-state index contributed by atoms with van der Waals surface area (Å²) in [6.07, 6.45) is 0. The van der Waals surface area contributed by atoms with Crippen LogP contribution in [0.25, 0.3) is 16.6 Å². The second kappa shape index (κ2) is 5.16. The molecule has 3 rings (SSSR count). The Labute approximate surface area is 126 Å². The first-order valence-corrected chi connectivity index (χ1v) is 6.37. The number of carbonyl (C=O) groups is 1. The molecule has 116 valence electrons. The number of carboxylic acids is 1. The molecular weight excluding hydrogens is 310 g/mol. The van der Waals surface area contributed by atoms with Crippen molar-refractivity contribution in [3.8, 4) is 5.69 Å². The van der Waals surface area contributed by atoms with Gasteiger partial charge in [-0.15, -0.1) is 0 Å². The van der Waals surface area contributed by atoms with Gasteiger partial charge < -0.3 is 5.11 Å². The standard InChI is InChI=1S/C15H8F2N2O4/c16-7-4-5-10(9(17)6-7)19-11-3-1-2-8(15(22)23)12(11)13(20)14(21)18-19/h1-6H,(H,18,21)(H,22,23). The molecule has 0 aliphatic heterocycles. The van der Waals surface area contributed by atoms with Gasteiger partial charge in [0, 0.05) is 6.07 Å². The van der Waals surface area contributed by atoms with Crippen molar-refractivity contribution >= 4 is 16.9 Å². The fraction of sp³-hybridized carbons (Fsp3) is 0. The molecule has 0 bridgehead atoms. The summed E-state index contributed by atoms with van der Waals surface area (Å²) in [6.45, 7) is 0. The lowest BCUT2D eigenvalue weighted by atomic mass is 10.1. The minimum absolute atomic E-state index is 0.0139. The summed E-state index contributed by atoms with van der Waals surface area (Å²) in [7, 11) is 0. The number of aromatic amines is 1. The summed E-state index contributed by atoms with van der Waals surface area (Å²) in [5.41, 5.74) is -2.78. The van der Waals surface area contributed by atoms with Gasteiger partial charge in [0.25, 0.3) is 5.43 Å². The summed E-state index contributed by atoms with van der Waals surface area (Å²) < 4.78 is 27.9. The van der Waals surface area contributed by atoms with Crippen LogP contribution in [0.3, 0.4) is 0 Å². The third-order valence-corrected chi connectivity index (χ3v) is 3.31. The number of benzene rings is 2. The number of hydrogen-bond acceptors (Lipinski definition) is 3. The Morgan fingerprint density at radius 3 is 2.52 bits per heavy atom. The third kappa shape index (κ3) is 2.30. The van der Waals surface area contributed by atoms with Crippen LogP contribution in [0.2, 0.25) is 0 Å². The lowest BCUT2D eigenvalue weighted by Gasteiger charge is -2.12. The maximum Gasteiger partial charge on any atom is 0.336 e. The molecule has 2 aromatic carbocycles. The van der Waals surface area contributed by atoms with Crippen LogP contribution in [0.15, 0.2) is 46.0 Å². The molecule has 0 radical (unpaired) electrons. The number of nitrogens with zero attached hydrogens (tertiary/aromatic N) is 1. The summed E-state index contributed by atoms with van der Waals surface area (Å²) in [5.74, 6) is -3.19. The smallest absolute Gasteiger partial charge is 0.336 e. The van der Waals surface area contributed by atoms with E-state index in [9.17, 15) is 23.2 Å². The Morgan fingerprint density at radius 2 is 1.87 bits per heavy atom. The van der Waals surface area contributed by atoms with Crippen LogP contribution in [-0.2, 0) is 0 Å². The summed E-state index contributed by atoms with van der Waals surface area (Å²) in [5, 5.41) is 11.0. The molecule has 0 aliphatic rings. The molecule has 0 spiro atoms. The number of H-pyrrole nitrogens is 1. The molecule has 0 atom stereocenters. The Hall–Kier alpha value is -3.29. The van der Waals surface area contributed by atoms with Crippen LogP contribution in [0.5, 0.6) is 0 Å². The van der Waals surface area contributed by atoms with E-state index in [0.29, 0.717) is 6.07 Å². The lowest BCUT2D eigenvalue weighted by Crippen LogP contribution is -2.32. The molecule has 0 aliphatic carbocycles. The number of aromatic carboxylic acids is 1. The normalized spacial score (nSPS) is 10.9. The first-order valence-electron chi connectivity index (χ1n) is 6.37. The second-order valence-corrected chi connectivity index (χ2v) is 4.71. The maximum atomic E-state index is 14.0. The van der Waals surface area contributed by atoms with Gasteiger partial charge in [0.05, 0.1) is 22.2 Å². The molecule has 3 aromatic rings. The Morgan fingerprint density at radius 1 is 1.13 bits per heavy atom. The molecule has 8 heteroatoms. The van der Waals surface area contributed by atoms with E-state index in [1.807, 2.05) is 0 Å². The van der Waals surface area contributed by atoms with Crippen molar-refractivity contribution < 1.29 is 18.7 Å². The third-order valence-electron chi connectivity index (χ3n) is 3.31. The molecule has 0 amide bonds. The lowest BCUT2D eigenvalue weighted by molar-refractivity contribution is 0.0699. The van der Waals surface area contributed by atoms with Gasteiger partial charge in [-0.3, -0.25) is 14.7 Å². The quantitative estimate of drug-likeness (QED) is 0.703. The van der Waals surface area contributed by atoms with E-state index < -0.39 is 28.6 Å². The molecule has 1 aromatic heterocycles. The van der Waals surface area contributed by atoms with Crippen LogP contribution < -0.4 is 11.0 Å². The van der Waals surface area contributed by atoms with Crippen molar-refractivity contribution in [2.24, 2.45) is 0 Å². The van der Waals surface area contributed by atoms with Gasteiger partial charge in [0.1, 0.15) is 5.82 Å². The molecule has 0 fully saturated rings. The largest absolute Gasteiger partial charge is 0.478 e. The predicted octanol–water partition coefficient (Wildman–Crippen LogP) is 1.66. The van der Waals surface area contributed by atoms with E-state index in [0.717, 1.165) is 22.9 Å². The Balaban J connectivity index is 2.51. The van der Waals surface area contributed by atoms with Crippen molar-refractivity contribution in [3.05, 3.63) is 74.2 Å². The van der Waals surface area contributed by atoms with Crippen molar-refractivity contribution in [1.29, 1.82) is 0 Å². The highest BCUT2D eigenvalue weighted by molar-refractivity contribution is 6.02. The van der Waals surface area contributed by atoms with Gasteiger partial charge in [-0.2, -0.15) is 0 Å². The highest BCUT2D eigenvalue weighted by Gasteiger charge is 2.17. The first-order chi connectivity index (χ1) is 10.9. The predicted molar refractivity (Wildman–Crippen MR) is 77.0 cm³/mol. The number of hydrogen-bond donors (Lipinski definition) is 2.